The van der Waals surface area contributed by atoms with E-state index in [-0.39, 0.29) is 16.7 Å². The van der Waals surface area contributed by atoms with Crippen LogP contribution in [-0.4, -0.2) is 26.8 Å². The zero-order valence-corrected chi connectivity index (χ0v) is 13.7. The smallest absolute Gasteiger partial charge is 0.254 e. The number of nitrogens with zero attached hydrogens (tertiary/aromatic N) is 2. The molecule has 1 saturated carbocycles. The molecule has 6 heteroatoms. The topological polar surface area (TPSA) is 64.0 Å². The minimum absolute atomic E-state index is 0.0302. The molecule has 1 amide bonds. The second-order valence-corrected chi connectivity index (χ2v) is 6.99. The van der Waals surface area contributed by atoms with E-state index in [9.17, 15) is 9.59 Å². The van der Waals surface area contributed by atoms with Gasteiger partial charge in [-0.15, -0.1) is 0 Å². The first-order chi connectivity index (χ1) is 9.97. The van der Waals surface area contributed by atoms with Crippen LogP contribution >= 0.6 is 11.8 Å². The number of hydrogen-bond donors (Lipinski definition) is 1. The van der Waals surface area contributed by atoms with E-state index in [4.69, 9.17) is 0 Å². The van der Waals surface area contributed by atoms with E-state index in [1.165, 1.54) is 41.7 Å². The average Bonchev–Trinajstić information content (AvgIpc) is 2.45. The molecule has 1 atom stereocenters. The lowest BCUT2D eigenvalue weighted by Crippen LogP contribution is -2.40. The molecular weight excluding hydrogens is 286 g/mol. The largest absolute Gasteiger partial charge is 0.352 e. The lowest BCUT2D eigenvalue weighted by molar-refractivity contribution is -0.121. The van der Waals surface area contributed by atoms with Crippen molar-refractivity contribution in [2.24, 2.45) is 7.05 Å². The van der Waals surface area contributed by atoms with Gasteiger partial charge in [0, 0.05) is 24.8 Å². The quantitative estimate of drug-likeness (QED) is 0.683. The molecule has 1 unspecified atom stereocenters. The van der Waals surface area contributed by atoms with E-state index in [1.807, 2.05) is 6.92 Å². The Morgan fingerprint density at radius 1 is 1.43 bits per heavy atom. The Bertz CT molecular complexity index is 565. The monoisotopic (exact) mass is 309 g/mol. The first-order valence-corrected chi connectivity index (χ1v) is 8.37. The van der Waals surface area contributed by atoms with E-state index in [2.05, 4.69) is 10.3 Å². The van der Waals surface area contributed by atoms with Crippen LogP contribution in [-0.2, 0) is 11.8 Å². The first kappa shape index (κ1) is 16.1. The highest BCUT2D eigenvalue weighted by Crippen LogP contribution is 2.22. The molecule has 1 aliphatic carbocycles. The molecule has 2 rings (SSSR count). The number of amides is 1. The zero-order valence-electron chi connectivity index (χ0n) is 12.9. The summed E-state index contributed by atoms with van der Waals surface area (Å²) in [5.41, 5.74) is 0.588. The van der Waals surface area contributed by atoms with Gasteiger partial charge in [0.15, 0.2) is 5.16 Å². The van der Waals surface area contributed by atoms with Crippen molar-refractivity contribution in [1.29, 1.82) is 0 Å². The number of carbonyl (C=O) groups excluding carboxylic acids is 1. The molecule has 1 aromatic rings. The van der Waals surface area contributed by atoms with Crippen molar-refractivity contribution in [3.63, 3.8) is 0 Å². The minimum atomic E-state index is -0.258. The number of nitrogens with one attached hydrogen (secondary N) is 1. The van der Waals surface area contributed by atoms with Gasteiger partial charge in [-0.1, -0.05) is 31.0 Å². The number of rotatable bonds is 4. The van der Waals surface area contributed by atoms with Crippen molar-refractivity contribution in [3.8, 4) is 0 Å². The van der Waals surface area contributed by atoms with Gasteiger partial charge in [0.05, 0.1) is 5.25 Å². The van der Waals surface area contributed by atoms with E-state index in [1.54, 1.807) is 14.0 Å². The van der Waals surface area contributed by atoms with Gasteiger partial charge < -0.3 is 5.32 Å². The van der Waals surface area contributed by atoms with Gasteiger partial charge in [0.25, 0.3) is 5.56 Å². The van der Waals surface area contributed by atoms with Crippen LogP contribution in [0.2, 0.25) is 0 Å². The Balaban J connectivity index is 1.98. The predicted molar refractivity (Wildman–Crippen MR) is 84.5 cm³/mol. The highest BCUT2D eigenvalue weighted by Gasteiger charge is 2.21. The van der Waals surface area contributed by atoms with Gasteiger partial charge in [-0.25, -0.2) is 4.98 Å². The molecule has 0 aromatic carbocycles. The van der Waals surface area contributed by atoms with Crippen LogP contribution in [0.25, 0.3) is 0 Å². The summed E-state index contributed by atoms with van der Waals surface area (Å²) < 4.78 is 1.49. The van der Waals surface area contributed by atoms with E-state index in [0.717, 1.165) is 12.8 Å². The molecule has 116 valence electrons. The minimum Gasteiger partial charge on any atom is -0.352 e. The average molecular weight is 309 g/mol. The molecule has 21 heavy (non-hydrogen) atoms. The Labute approximate surface area is 129 Å². The van der Waals surface area contributed by atoms with E-state index in [0.29, 0.717) is 16.9 Å². The highest BCUT2D eigenvalue weighted by atomic mass is 32.2. The maximum atomic E-state index is 12.2. The van der Waals surface area contributed by atoms with Crippen molar-refractivity contribution in [1.82, 2.24) is 14.9 Å². The van der Waals surface area contributed by atoms with Crippen molar-refractivity contribution in [2.45, 2.75) is 62.4 Å². The summed E-state index contributed by atoms with van der Waals surface area (Å²) in [6.45, 7) is 3.65. The maximum absolute atomic E-state index is 12.2. The summed E-state index contributed by atoms with van der Waals surface area (Å²) in [4.78, 5) is 28.3. The molecule has 0 aliphatic heterocycles. The summed E-state index contributed by atoms with van der Waals surface area (Å²) in [5.74, 6) is 0.0302. The van der Waals surface area contributed by atoms with E-state index >= 15 is 0 Å². The van der Waals surface area contributed by atoms with Gasteiger partial charge in [-0.3, -0.25) is 14.2 Å². The lowest BCUT2D eigenvalue weighted by atomic mass is 9.95. The SMILES string of the molecule is Cc1cc(=O)n(C)c(SC(C)C(=O)NC2CCCCC2)n1. The molecular formula is C15H23N3O2S. The predicted octanol–water partition coefficient (Wildman–Crippen LogP) is 2.02. The second kappa shape index (κ2) is 7.11. The Morgan fingerprint density at radius 3 is 2.76 bits per heavy atom. The number of carbonyl (C=O) groups is 1. The third-order valence-corrected chi connectivity index (χ3v) is 4.97. The normalized spacial score (nSPS) is 17.5. The third-order valence-electron chi connectivity index (χ3n) is 3.82. The Morgan fingerprint density at radius 2 is 2.10 bits per heavy atom. The number of aryl methyl sites for hydroxylation is 1. The molecule has 1 fully saturated rings. The summed E-state index contributed by atoms with van der Waals surface area (Å²) in [5, 5.41) is 3.44. The van der Waals surface area contributed by atoms with Crippen molar-refractivity contribution in [2.75, 3.05) is 0 Å². The van der Waals surface area contributed by atoms with Crippen molar-refractivity contribution >= 4 is 17.7 Å². The van der Waals surface area contributed by atoms with Crippen LogP contribution in [0.15, 0.2) is 16.0 Å². The van der Waals surface area contributed by atoms with Crippen LogP contribution in [0.4, 0.5) is 0 Å². The third kappa shape index (κ3) is 4.33. The Kier molecular flexibility index (Phi) is 5.45. The molecule has 0 saturated heterocycles. The van der Waals surface area contributed by atoms with Crippen LogP contribution in [0, 0.1) is 6.92 Å². The lowest BCUT2D eigenvalue weighted by Gasteiger charge is -2.24. The first-order valence-electron chi connectivity index (χ1n) is 7.49. The highest BCUT2D eigenvalue weighted by molar-refractivity contribution is 8.00. The van der Waals surface area contributed by atoms with E-state index < -0.39 is 0 Å². The molecule has 0 bridgehead atoms. The standard InChI is InChI=1S/C15H23N3O2S/c1-10-9-13(19)18(3)15(16-10)21-11(2)14(20)17-12-7-5-4-6-8-12/h9,11-12H,4-8H2,1-3H3,(H,17,20). The summed E-state index contributed by atoms with van der Waals surface area (Å²) in [7, 11) is 1.68. The molecule has 1 heterocycles. The summed E-state index contributed by atoms with van der Waals surface area (Å²) in [6, 6.07) is 1.81. The van der Waals surface area contributed by atoms with Gasteiger partial charge >= 0.3 is 0 Å². The van der Waals surface area contributed by atoms with Crippen LogP contribution < -0.4 is 10.9 Å². The summed E-state index contributed by atoms with van der Waals surface area (Å²) in [6.07, 6.45) is 5.81. The Hall–Kier alpha value is -1.30. The fraction of sp³-hybridized carbons (Fsp3) is 0.667. The van der Waals surface area contributed by atoms with Crippen molar-refractivity contribution < 1.29 is 4.79 Å². The molecule has 0 spiro atoms. The van der Waals surface area contributed by atoms with Gasteiger partial charge in [-0.2, -0.15) is 0 Å². The molecule has 1 N–H and O–H groups in total. The maximum Gasteiger partial charge on any atom is 0.254 e. The van der Waals surface area contributed by atoms with Crippen molar-refractivity contribution in [3.05, 3.63) is 22.1 Å². The second-order valence-electron chi connectivity index (χ2n) is 5.68. The van der Waals surface area contributed by atoms with Crippen LogP contribution in [0.1, 0.15) is 44.7 Å². The fourth-order valence-corrected chi connectivity index (χ4v) is 3.45. The number of aromatic nitrogens is 2. The van der Waals surface area contributed by atoms with Crippen LogP contribution in [0.3, 0.4) is 0 Å². The zero-order chi connectivity index (χ0) is 15.4. The fourth-order valence-electron chi connectivity index (χ4n) is 2.51. The number of hydrogen-bond acceptors (Lipinski definition) is 4. The van der Waals surface area contributed by atoms with Gasteiger partial charge in [0.2, 0.25) is 5.91 Å². The van der Waals surface area contributed by atoms with Gasteiger partial charge in [0.1, 0.15) is 0 Å². The van der Waals surface area contributed by atoms with Crippen LogP contribution in [0.5, 0.6) is 0 Å². The van der Waals surface area contributed by atoms with Gasteiger partial charge in [-0.05, 0) is 26.7 Å². The molecule has 0 radical (unpaired) electrons. The number of thioether (sulfide) groups is 1. The molecule has 5 nitrogen and oxygen atoms in total. The molecule has 1 aliphatic rings. The molecule has 1 aromatic heterocycles. The summed E-state index contributed by atoms with van der Waals surface area (Å²) >= 11 is 1.34.